The molecular weight excluding hydrogens is 453 g/mol. The summed E-state index contributed by atoms with van der Waals surface area (Å²) in [6.07, 6.45) is 3.79. The number of nitrogens with zero attached hydrogens (tertiary/aromatic N) is 2. The largest absolute Gasteiger partial charge is 0.481 e. The number of nitrogens with one attached hydrogen (secondary N) is 2. The van der Waals surface area contributed by atoms with E-state index in [0.29, 0.717) is 23.7 Å². The highest BCUT2D eigenvalue weighted by Crippen LogP contribution is 2.37. The smallest absolute Gasteiger partial charge is 0.320 e. The standard InChI is InChI=1S/C23H21F3N4O4/c24-16-10-18(26)19(11-17(16)25)28-23-30-29-22(34-23)21(33)27-15-7-5-14(6-8-15)13-3-1-12(2-4-13)9-20(31)32/h5-8,10-13H,1-4,9H2,(H,27,33)(H,28,30)(H,31,32). The number of carbonyl (C=O) groups is 2. The Hall–Kier alpha value is -3.89. The summed E-state index contributed by atoms with van der Waals surface area (Å²) in [5.74, 6) is -4.98. The minimum atomic E-state index is -1.34. The van der Waals surface area contributed by atoms with Crippen molar-refractivity contribution in [3.63, 3.8) is 0 Å². The monoisotopic (exact) mass is 474 g/mol. The first-order valence-corrected chi connectivity index (χ1v) is 10.7. The van der Waals surface area contributed by atoms with Gasteiger partial charge >= 0.3 is 23.8 Å². The van der Waals surface area contributed by atoms with E-state index in [2.05, 4.69) is 20.8 Å². The Morgan fingerprint density at radius 2 is 1.65 bits per heavy atom. The predicted molar refractivity (Wildman–Crippen MR) is 115 cm³/mol. The Morgan fingerprint density at radius 3 is 2.32 bits per heavy atom. The summed E-state index contributed by atoms with van der Waals surface area (Å²) in [5.41, 5.74) is 1.18. The number of rotatable bonds is 7. The molecule has 1 aliphatic carbocycles. The summed E-state index contributed by atoms with van der Waals surface area (Å²) in [6.45, 7) is 0. The molecule has 1 aliphatic rings. The van der Waals surface area contributed by atoms with E-state index >= 15 is 0 Å². The SMILES string of the molecule is O=C(O)CC1CCC(c2ccc(NC(=O)c3nnc(Nc4cc(F)c(F)cc4F)o3)cc2)CC1. The lowest BCUT2D eigenvalue weighted by Gasteiger charge is -2.28. The molecule has 3 aromatic rings. The van der Waals surface area contributed by atoms with Crippen LogP contribution in [0.5, 0.6) is 0 Å². The number of halogens is 3. The van der Waals surface area contributed by atoms with Gasteiger partial charge in [0.15, 0.2) is 11.6 Å². The van der Waals surface area contributed by atoms with E-state index < -0.39 is 40.9 Å². The van der Waals surface area contributed by atoms with Gasteiger partial charge in [0.1, 0.15) is 5.82 Å². The molecule has 1 fully saturated rings. The molecule has 1 saturated carbocycles. The average Bonchev–Trinajstić information content (AvgIpc) is 3.27. The van der Waals surface area contributed by atoms with Crippen LogP contribution in [0.2, 0.25) is 0 Å². The van der Waals surface area contributed by atoms with Crippen molar-refractivity contribution in [2.45, 2.75) is 38.0 Å². The first-order valence-electron chi connectivity index (χ1n) is 10.7. The zero-order chi connectivity index (χ0) is 24.2. The van der Waals surface area contributed by atoms with E-state index in [1.54, 1.807) is 12.1 Å². The van der Waals surface area contributed by atoms with Crippen LogP contribution < -0.4 is 10.6 Å². The van der Waals surface area contributed by atoms with Gasteiger partial charge in [-0.15, -0.1) is 5.10 Å². The van der Waals surface area contributed by atoms with Gasteiger partial charge in [-0.25, -0.2) is 13.2 Å². The Balaban J connectivity index is 1.33. The molecule has 0 spiro atoms. The molecule has 1 aromatic heterocycles. The highest BCUT2D eigenvalue weighted by Gasteiger charge is 2.24. The second-order valence-corrected chi connectivity index (χ2v) is 8.18. The second kappa shape index (κ2) is 9.94. The second-order valence-electron chi connectivity index (χ2n) is 8.18. The number of aliphatic carboxylic acids is 1. The van der Waals surface area contributed by atoms with Crippen LogP contribution in [0, 0.1) is 23.4 Å². The molecule has 1 amide bonds. The molecule has 11 heteroatoms. The molecule has 0 unspecified atom stereocenters. The van der Waals surface area contributed by atoms with Crippen LogP contribution in [0.1, 0.15) is 54.3 Å². The van der Waals surface area contributed by atoms with Gasteiger partial charge in [0.05, 0.1) is 5.69 Å². The van der Waals surface area contributed by atoms with Crippen LogP contribution in [0.4, 0.5) is 30.6 Å². The average molecular weight is 474 g/mol. The molecule has 0 aliphatic heterocycles. The van der Waals surface area contributed by atoms with Gasteiger partial charge < -0.3 is 20.2 Å². The predicted octanol–water partition coefficient (Wildman–Crippen LogP) is 5.23. The lowest BCUT2D eigenvalue weighted by atomic mass is 9.77. The Morgan fingerprint density at radius 1 is 0.971 bits per heavy atom. The molecule has 1 heterocycles. The van der Waals surface area contributed by atoms with E-state index in [4.69, 9.17) is 9.52 Å². The molecule has 34 heavy (non-hydrogen) atoms. The highest BCUT2D eigenvalue weighted by atomic mass is 19.2. The first kappa shape index (κ1) is 23.3. The Bertz CT molecular complexity index is 1190. The fourth-order valence-electron chi connectivity index (χ4n) is 4.07. The van der Waals surface area contributed by atoms with Crippen LogP contribution in [0.15, 0.2) is 40.8 Å². The van der Waals surface area contributed by atoms with Gasteiger partial charge in [-0.05, 0) is 55.2 Å². The number of carboxylic acid groups (broad SMARTS) is 1. The molecule has 4 rings (SSSR count). The lowest BCUT2D eigenvalue weighted by molar-refractivity contribution is -0.138. The van der Waals surface area contributed by atoms with Crippen molar-refractivity contribution >= 4 is 29.3 Å². The fourth-order valence-corrected chi connectivity index (χ4v) is 4.07. The van der Waals surface area contributed by atoms with Crippen molar-refractivity contribution in [1.29, 1.82) is 0 Å². The molecule has 0 atom stereocenters. The van der Waals surface area contributed by atoms with Gasteiger partial charge in [-0.2, -0.15) is 0 Å². The molecule has 3 N–H and O–H groups in total. The molecule has 2 aromatic carbocycles. The maximum Gasteiger partial charge on any atom is 0.320 e. The van der Waals surface area contributed by atoms with Crippen LogP contribution in [0.3, 0.4) is 0 Å². The van der Waals surface area contributed by atoms with E-state index in [1.807, 2.05) is 12.1 Å². The summed E-state index contributed by atoms with van der Waals surface area (Å²) in [7, 11) is 0. The molecule has 8 nitrogen and oxygen atoms in total. The number of benzene rings is 2. The number of hydrogen-bond donors (Lipinski definition) is 3. The maximum absolute atomic E-state index is 13.7. The molecule has 0 saturated heterocycles. The van der Waals surface area contributed by atoms with Crippen molar-refractivity contribution in [2.75, 3.05) is 10.6 Å². The van der Waals surface area contributed by atoms with Crippen molar-refractivity contribution < 1.29 is 32.3 Å². The Kier molecular flexibility index (Phi) is 6.80. The van der Waals surface area contributed by atoms with Crippen LogP contribution in [-0.2, 0) is 4.79 Å². The lowest BCUT2D eigenvalue weighted by Crippen LogP contribution is -2.16. The normalized spacial score (nSPS) is 17.9. The molecule has 0 bridgehead atoms. The topological polar surface area (TPSA) is 117 Å². The van der Waals surface area contributed by atoms with Crippen LogP contribution in [0.25, 0.3) is 0 Å². The summed E-state index contributed by atoms with van der Waals surface area (Å²) in [5, 5.41) is 21.0. The number of aromatic nitrogens is 2. The molecule has 178 valence electrons. The van der Waals surface area contributed by atoms with Crippen LogP contribution >= 0.6 is 0 Å². The quantitative estimate of drug-likeness (QED) is 0.401. The Labute approximate surface area is 192 Å². The van der Waals surface area contributed by atoms with Gasteiger partial charge in [-0.1, -0.05) is 17.2 Å². The van der Waals surface area contributed by atoms with E-state index in [9.17, 15) is 22.8 Å². The number of carboxylic acids is 1. The zero-order valence-electron chi connectivity index (χ0n) is 17.9. The highest BCUT2D eigenvalue weighted by molar-refractivity contribution is 6.00. The maximum atomic E-state index is 13.7. The zero-order valence-corrected chi connectivity index (χ0v) is 17.9. The van der Waals surface area contributed by atoms with Crippen LogP contribution in [-0.4, -0.2) is 27.2 Å². The number of amides is 1. The van der Waals surface area contributed by atoms with E-state index in [-0.39, 0.29) is 18.4 Å². The summed E-state index contributed by atoms with van der Waals surface area (Å²) >= 11 is 0. The summed E-state index contributed by atoms with van der Waals surface area (Å²) < 4.78 is 45.2. The first-order chi connectivity index (χ1) is 16.3. The minimum Gasteiger partial charge on any atom is -0.481 e. The number of anilines is 3. The van der Waals surface area contributed by atoms with E-state index in [0.717, 1.165) is 31.2 Å². The van der Waals surface area contributed by atoms with Crippen molar-refractivity contribution in [3.05, 3.63) is 65.3 Å². The van der Waals surface area contributed by atoms with Crippen molar-refractivity contribution in [3.8, 4) is 0 Å². The molecule has 0 radical (unpaired) electrons. The molecular formula is C23H21F3N4O4. The van der Waals surface area contributed by atoms with Crippen molar-refractivity contribution in [2.24, 2.45) is 5.92 Å². The third kappa shape index (κ3) is 5.53. The summed E-state index contributed by atoms with van der Waals surface area (Å²) in [4.78, 5) is 23.3. The van der Waals surface area contributed by atoms with E-state index in [1.165, 1.54) is 0 Å². The van der Waals surface area contributed by atoms with Gasteiger partial charge in [0.2, 0.25) is 0 Å². The van der Waals surface area contributed by atoms with Crippen molar-refractivity contribution in [1.82, 2.24) is 10.2 Å². The van der Waals surface area contributed by atoms with Gasteiger partial charge in [0, 0.05) is 24.2 Å². The third-order valence-corrected chi connectivity index (χ3v) is 5.82. The third-order valence-electron chi connectivity index (χ3n) is 5.82. The van der Waals surface area contributed by atoms with Gasteiger partial charge in [0.25, 0.3) is 0 Å². The van der Waals surface area contributed by atoms with Gasteiger partial charge in [-0.3, -0.25) is 9.59 Å². The summed E-state index contributed by atoms with van der Waals surface area (Å²) in [6, 6.07) is 7.88. The minimum absolute atomic E-state index is 0.209. The fraction of sp³-hybridized carbons (Fsp3) is 0.304. The number of hydrogen-bond acceptors (Lipinski definition) is 6. The number of carbonyl (C=O) groups excluding carboxylic acids is 1.